The van der Waals surface area contributed by atoms with Gasteiger partial charge in [-0.1, -0.05) is 13.8 Å². The summed E-state index contributed by atoms with van der Waals surface area (Å²) in [6, 6.07) is 0. The number of hydrogen-bond acceptors (Lipinski definition) is 1. The lowest BCUT2D eigenvalue weighted by atomic mass is 9.97. The van der Waals surface area contributed by atoms with E-state index in [1.165, 1.54) is 0 Å². The van der Waals surface area contributed by atoms with Crippen LogP contribution in [0, 0.1) is 18.8 Å². The largest absolute Gasteiger partial charge is 0.300 e. The van der Waals surface area contributed by atoms with E-state index in [9.17, 15) is 4.79 Å². The minimum absolute atomic E-state index is 0.186. The highest BCUT2D eigenvalue weighted by Gasteiger charge is 2.07. The Bertz CT molecular complexity index is 105. The third-order valence-electron chi connectivity index (χ3n) is 1.75. The number of rotatable bonds is 4. The maximum atomic E-state index is 10.7. The summed E-state index contributed by atoms with van der Waals surface area (Å²) >= 11 is 0. The van der Waals surface area contributed by atoms with Gasteiger partial charge in [0.05, 0.1) is 0 Å². The standard InChI is InChI=1S/C9H16O/c1-7(2)5-6-8(3)9(4)10/h1,7-8H,5-6H2,2-4H3. The van der Waals surface area contributed by atoms with Crippen LogP contribution in [0.25, 0.3) is 0 Å². The van der Waals surface area contributed by atoms with Crippen LogP contribution in [0.15, 0.2) is 0 Å². The van der Waals surface area contributed by atoms with E-state index in [1.54, 1.807) is 6.92 Å². The van der Waals surface area contributed by atoms with Crippen molar-refractivity contribution in [2.75, 3.05) is 0 Å². The van der Waals surface area contributed by atoms with E-state index in [0.717, 1.165) is 12.8 Å². The molecule has 0 aliphatic rings. The molecule has 2 radical (unpaired) electrons. The lowest BCUT2D eigenvalue weighted by Crippen LogP contribution is -2.07. The molecule has 0 amide bonds. The molecule has 0 aliphatic heterocycles. The zero-order valence-electron chi connectivity index (χ0n) is 7.05. The molecular weight excluding hydrogens is 124 g/mol. The summed E-state index contributed by atoms with van der Waals surface area (Å²) in [7, 11) is 0. The van der Waals surface area contributed by atoms with Crippen LogP contribution in [-0.4, -0.2) is 5.78 Å². The SMILES string of the molecule is [CH]C(C)CCC(C)C(C)=O. The second-order valence-electron chi connectivity index (χ2n) is 3.07. The van der Waals surface area contributed by atoms with Gasteiger partial charge in [-0.25, -0.2) is 0 Å². The third-order valence-corrected chi connectivity index (χ3v) is 1.75. The van der Waals surface area contributed by atoms with Gasteiger partial charge < -0.3 is 0 Å². The summed E-state index contributed by atoms with van der Waals surface area (Å²) in [6.45, 7) is 11.1. The third kappa shape index (κ3) is 4.54. The van der Waals surface area contributed by atoms with Crippen molar-refractivity contribution in [1.82, 2.24) is 0 Å². The molecule has 1 heteroatoms. The first-order valence-corrected chi connectivity index (χ1v) is 3.80. The molecule has 58 valence electrons. The summed E-state index contributed by atoms with van der Waals surface area (Å²) in [5.41, 5.74) is 0. The van der Waals surface area contributed by atoms with Crippen molar-refractivity contribution in [1.29, 1.82) is 0 Å². The highest BCUT2D eigenvalue weighted by Crippen LogP contribution is 2.11. The molecule has 0 aromatic carbocycles. The second-order valence-corrected chi connectivity index (χ2v) is 3.07. The molecule has 2 atom stereocenters. The minimum atomic E-state index is 0.186. The Balaban J connectivity index is 3.40. The quantitative estimate of drug-likeness (QED) is 0.585. The van der Waals surface area contributed by atoms with Gasteiger partial charge in [0.15, 0.2) is 0 Å². The fourth-order valence-electron chi connectivity index (χ4n) is 0.716. The number of ketones is 1. The summed E-state index contributed by atoms with van der Waals surface area (Å²) in [5, 5.41) is 0. The van der Waals surface area contributed by atoms with Gasteiger partial charge in [-0.15, -0.1) is 0 Å². The molecule has 0 fully saturated rings. The van der Waals surface area contributed by atoms with Gasteiger partial charge in [-0.3, -0.25) is 4.79 Å². The first kappa shape index (κ1) is 9.67. The Morgan fingerprint density at radius 2 is 1.90 bits per heavy atom. The fourth-order valence-corrected chi connectivity index (χ4v) is 0.716. The van der Waals surface area contributed by atoms with Gasteiger partial charge in [0.25, 0.3) is 0 Å². The molecule has 0 saturated heterocycles. The summed E-state index contributed by atoms with van der Waals surface area (Å²) < 4.78 is 0. The van der Waals surface area contributed by atoms with E-state index in [1.807, 2.05) is 13.8 Å². The number of carbonyl (C=O) groups is 1. The van der Waals surface area contributed by atoms with Crippen molar-refractivity contribution < 1.29 is 4.79 Å². The Labute approximate surface area is 63.8 Å². The Morgan fingerprint density at radius 3 is 2.20 bits per heavy atom. The summed E-state index contributed by atoms with van der Waals surface area (Å²) in [6.07, 6.45) is 1.87. The van der Waals surface area contributed by atoms with Gasteiger partial charge in [0, 0.05) is 5.92 Å². The number of hydrogen-bond donors (Lipinski definition) is 0. The molecule has 1 nitrogen and oxygen atoms in total. The van der Waals surface area contributed by atoms with Crippen LogP contribution in [0.4, 0.5) is 0 Å². The Kier molecular flexibility index (Phi) is 4.33. The molecule has 0 N–H and O–H groups in total. The van der Waals surface area contributed by atoms with Crippen molar-refractivity contribution in [3.8, 4) is 0 Å². The molecule has 10 heavy (non-hydrogen) atoms. The van der Waals surface area contributed by atoms with E-state index >= 15 is 0 Å². The van der Waals surface area contributed by atoms with E-state index in [2.05, 4.69) is 0 Å². The van der Waals surface area contributed by atoms with E-state index in [-0.39, 0.29) is 17.6 Å². The van der Waals surface area contributed by atoms with Crippen LogP contribution in [-0.2, 0) is 4.79 Å². The molecule has 0 saturated carbocycles. The highest BCUT2D eigenvalue weighted by atomic mass is 16.1. The first-order chi connectivity index (χ1) is 4.54. The van der Waals surface area contributed by atoms with Crippen LogP contribution >= 0.6 is 0 Å². The molecular formula is C9H16O. The van der Waals surface area contributed by atoms with Crippen LogP contribution in [0.2, 0.25) is 0 Å². The Hall–Kier alpha value is -0.330. The van der Waals surface area contributed by atoms with Crippen molar-refractivity contribution in [3.63, 3.8) is 0 Å². The molecule has 0 heterocycles. The average Bonchev–Trinajstić information content (AvgIpc) is 1.82. The van der Waals surface area contributed by atoms with Crippen molar-refractivity contribution in [2.24, 2.45) is 11.8 Å². The summed E-state index contributed by atoms with van der Waals surface area (Å²) in [5.74, 6) is 0.674. The first-order valence-electron chi connectivity index (χ1n) is 3.80. The predicted octanol–water partition coefficient (Wildman–Crippen LogP) is 2.34. The average molecular weight is 140 g/mol. The van der Waals surface area contributed by atoms with Gasteiger partial charge in [-0.05, 0) is 32.6 Å². The van der Waals surface area contributed by atoms with Gasteiger partial charge in [0.2, 0.25) is 0 Å². The molecule has 0 bridgehead atoms. The smallest absolute Gasteiger partial charge is 0.132 e. The molecule has 2 unspecified atom stereocenters. The zero-order chi connectivity index (χ0) is 8.15. The predicted molar refractivity (Wildman–Crippen MR) is 42.5 cm³/mol. The maximum Gasteiger partial charge on any atom is 0.132 e. The number of Topliss-reactive ketones (excluding diaryl/α,β-unsaturated/α-hetero) is 1. The van der Waals surface area contributed by atoms with Crippen molar-refractivity contribution in [2.45, 2.75) is 33.6 Å². The van der Waals surface area contributed by atoms with E-state index in [0.29, 0.717) is 0 Å². The fraction of sp³-hybridized carbons (Fsp3) is 0.778. The van der Waals surface area contributed by atoms with Gasteiger partial charge in [0.1, 0.15) is 5.78 Å². The maximum absolute atomic E-state index is 10.7. The molecule has 0 spiro atoms. The lowest BCUT2D eigenvalue weighted by molar-refractivity contribution is -0.120. The molecule has 0 rings (SSSR count). The van der Waals surface area contributed by atoms with Crippen LogP contribution in [0.5, 0.6) is 0 Å². The van der Waals surface area contributed by atoms with Gasteiger partial charge >= 0.3 is 0 Å². The van der Waals surface area contributed by atoms with E-state index < -0.39 is 0 Å². The molecule has 0 aliphatic carbocycles. The lowest BCUT2D eigenvalue weighted by Gasteiger charge is -2.08. The summed E-state index contributed by atoms with van der Waals surface area (Å²) in [4.78, 5) is 10.7. The van der Waals surface area contributed by atoms with Crippen LogP contribution in [0.3, 0.4) is 0 Å². The topological polar surface area (TPSA) is 17.1 Å². The number of carbonyl (C=O) groups excluding carboxylic acids is 1. The Morgan fingerprint density at radius 1 is 1.40 bits per heavy atom. The van der Waals surface area contributed by atoms with E-state index in [4.69, 9.17) is 6.92 Å². The normalized spacial score (nSPS) is 13.7. The minimum Gasteiger partial charge on any atom is -0.300 e. The van der Waals surface area contributed by atoms with Crippen molar-refractivity contribution >= 4 is 5.78 Å². The van der Waals surface area contributed by atoms with Crippen LogP contribution < -0.4 is 0 Å². The second kappa shape index (κ2) is 4.48. The zero-order valence-corrected chi connectivity index (χ0v) is 7.05. The molecule has 0 aromatic heterocycles. The highest BCUT2D eigenvalue weighted by molar-refractivity contribution is 5.77. The van der Waals surface area contributed by atoms with Gasteiger partial charge in [-0.2, -0.15) is 0 Å². The van der Waals surface area contributed by atoms with Crippen molar-refractivity contribution in [3.05, 3.63) is 6.92 Å². The molecule has 0 aromatic rings. The van der Waals surface area contributed by atoms with Crippen LogP contribution in [0.1, 0.15) is 33.6 Å². The monoisotopic (exact) mass is 140 g/mol.